The Bertz CT molecular complexity index is 428. The zero-order valence-corrected chi connectivity index (χ0v) is 19.0. The van der Waals surface area contributed by atoms with Crippen LogP contribution in [0.2, 0.25) is 0 Å². The zero-order valence-electron chi connectivity index (χ0n) is 19.0. The van der Waals surface area contributed by atoms with Gasteiger partial charge in [0.2, 0.25) is 11.4 Å². The van der Waals surface area contributed by atoms with Gasteiger partial charge < -0.3 is 15.3 Å². The molecule has 0 heterocycles. The van der Waals surface area contributed by atoms with Gasteiger partial charge in [-0.25, -0.2) is 4.79 Å². The van der Waals surface area contributed by atoms with Crippen LogP contribution in [0.5, 0.6) is 0 Å². The fourth-order valence-corrected chi connectivity index (χ4v) is 3.79. The molecule has 6 heteroatoms. The van der Waals surface area contributed by atoms with E-state index in [0.29, 0.717) is 6.42 Å². The summed E-state index contributed by atoms with van der Waals surface area (Å²) in [6.07, 6.45) is 19.2. The van der Waals surface area contributed by atoms with Gasteiger partial charge in [0.1, 0.15) is 6.10 Å². The molecule has 5 nitrogen and oxygen atoms in total. The molecule has 174 valence electrons. The first-order chi connectivity index (χ1) is 13.9. The van der Waals surface area contributed by atoms with E-state index in [-0.39, 0.29) is 36.0 Å². The number of aliphatic carboxylic acids is 1. The van der Waals surface area contributed by atoms with Crippen molar-refractivity contribution in [2.75, 3.05) is 0 Å². The van der Waals surface area contributed by atoms with Gasteiger partial charge in [-0.2, -0.15) is 0 Å². The number of aliphatic hydroxyl groups is 2. The molecule has 0 saturated heterocycles. The van der Waals surface area contributed by atoms with E-state index in [1.54, 1.807) is 0 Å². The number of hydrogen-bond acceptors (Lipinski definition) is 4. The van der Waals surface area contributed by atoms with Gasteiger partial charge in [0.15, 0.2) is 0 Å². The zero-order chi connectivity index (χ0) is 22.0. The number of carbonyl (C=O) groups excluding carboxylic acids is 1. The molecule has 30 heavy (non-hydrogen) atoms. The number of aliphatic hydroxyl groups excluding tert-OH is 1. The molecular formula is C24H47NaO5. The molecule has 3 N–H and O–H groups in total. The van der Waals surface area contributed by atoms with E-state index in [1.807, 2.05) is 0 Å². The Morgan fingerprint density at radius 3 is 1.27 bits per heavy atom. The fraction of sp³-hybridized carbons (Fsp3) is 0.917. The molecule has 0 aliphatic rings. The second kappa shape index (κ2) is 20.9. The molecule has 0 radical (unpaired) electrons. The third-order valence-electron chi connectivity index (χ3n) is 5.78. The molecule has 0 aromatic rings. The summed E-state index contributed by atoms with van der Waals surface area (Å²) in [6.45, 7) is 3.44. The number of carboxylic acid groups (broad SMARTS) is 1. The number of carboxylic acids is 1. The molecule has 0 aromatic carbocycles. The summed E-state index contributed by atoms with van der Waals surface area (Å²) in [7, 11) is 0. The molecule has 0 bridgehead atoms. The van der Waals surface area contributed by atoms with Crippen molar-refractivity contribution in [2.45, 2.75) is 141 Å². The van der Waals surface area contributed by atoms with Gasteiger partial charge in [0, 0.05) is 0 Å². The van der Waals surface area contributed by atoms with Crippen LogP contribution >= 0.6 is 0 Å². The average molecular weight is 439 g/mol. The summed E-state index contributed by atoms with van der Waals surface area (Å²) >= 11 is 0. The quantitative estimate of drug-likeness (QED) is 0.131. The Morgan fingerprint density at radius 2 is 1.00 bits per heavy atom. The molecular weight excluding hydrogens is 391 g/mol. The Kier molecular flexibility index (Phi) is 22.5. The van der Waals surface area contributed by atoms with Crippen LogP contribution in [0.3, 0.4) is 0 Å². The summed E-state index contributed by atoms with van der Waals surface area (Å²) in [5, 5.41) is 28.4. The Morgan fingerprint density at radius 1 is 0.700 bits per heavy atom. The summed E-state index contributed by atoms with van der Waals surface area (Å²) in [5.41, 5.74) is -2.45. The van der Waals surface area contributed by atoms with Crippen LogP contribution in [0.1, 0.15) is 129 Å². The second-order valence-corrected chi connectivity index (χ2v) is 8.61. The molecule has 0 saturated carbocycles. The third-order valence-corrected chi connectivity index (χ3v) is 5.78. The van der Waals surface area contributed by atoms with Crippen LogP contribution in [0.15, 0.2) is 0 Å². The van der Waals surface area contributed by atoms with Crippen LogP contribution in [0.4, 0.5) is 0 Å². The molecule has 0 aliphatic heterocycles. The van der Waals surface area contributed by atoms with Crippen molar-refractivity contribution in [2.24, 2.45) is 0 Å². The van der Waals surface area contributed by atoms with Crippen LogP contribution < -0.4 is 0 Å². The predicted octanol–water partition coefficient (Wildman–Crippen LogP) is 5.15. The number of Topliss-reactive ketones (excluding diaryl/α,β-unsaturated/α-hetero) is 1. The van der Waals surface area contributed by atoms with Crippen molar-refractivity contribution >= 4 is 41.3 Å². The second-order valence-electron chi connectivity index (χ2n) is 8.61. The first-order valence-electron chi connectivity index (χ1n) is 12.0. The Balaban J connectivity index is 0. The van der Waals surface area contributed by atoms with Crippen molar-refractivity contribution in [1.29, 1.82) is 0 Å². The minimum absolute atomic E-state index is 0. The van der Waals surface area contributed by atoms with Gasteiger partial charge in [-0.15, -0.1) is 0 Å². The van der Waals surface area contributed by atoms with Crippen LogP contribution in [0, 0.1) is 0 Å². The topological polar surface area (TPSA) is 94.8 Å². The van der Waals surface area contributed by atoms with Crippen LogP contribution in [-0.2, 0) is 9.59 Å². The summed E-state index contributed by atoms with van der Waals surface area (Å²) < 4.78 is 0. The van der Waals surface area contributed by atoms with Crippen molar-refractivity contribution in [3.8, 4) is 0 Å². The molecule has 0 aliphatic carbocycles. The van der Waals surface area contributed by atoms with E-state index in [1.165, 1.54) is 90.4 Å². The van der Waals surface area contributed by atoms with Crippen molar-refractivity contribution in [1.82, 2.24) is 0 Å². The van der Waals surface area contributed by atoms with Crippen LogP contribution in [0.25, 0.3) is 0 Å². The first kappa shape index (κ1) is 32.2. The maximum absolute atomic E-state index is 11.7. The number of carbonyl (C=O) groups is 2. The van der Waals surface area contributed by atoms with Gasteiger partial charge in [-0.05, 0) is 19.8 Å². The summed E-state index contributed by atoms with van der Waals surface area (Å²) in [6, 6.07) is 0. The van der Waals surface area contributed by atoms with Crippen molar-refractivity contribution in [3.63, 3.8) is 0 Å². The SMILES string of the molecule is CCCCCCCCCCCCCCCCCCCC(O)(C(=O)O)C(=O)C(C)O.[NaH]. The van der Waals surface area contributed by atoms with Gasteiger partial charge in [0.05, 0.1) is 0 Å². The average Bonchev–Trinajstić information content (AvgIpc) is 2.69. The Labute approximate surface area is 206 Å². The van der Waals surface area contributed by atoms with E-state index in [0.717, 1.165) is 19.3 Å². The molecule has 2 atom stereocenters. The molecule has 0 fully saturated rings. The van der Waals surface area contributed by atoms with Crippen LogP contribution in [-0.4, -0.2) is 68.3 Å². The standard InChI is InChI=1S/C24H46O5.Na.H/c1-3-4-5-6-7-8-9-10-11-12-13-14-15-16-17-18-19-20-24(29,23(27)28)22(26)21(2)25;;/h21,25,29H,3-20H2,1-2H3,(H,27,28);;. The maximum atomic E-state index is 11.7. The molecule has 0 amide bonds. The number of unbranched alkanes of at least 4 members (excludes halogenated alkanes) is 16. The first-order valence-corrected chi connectivity index (χ1v) is 12.0. The minimum atomic E-state index is -2.45. The molecule has 0 aromatic heterocycles. The van der Waals surface area contributed by atoms with E-state index in [9.17, 15) is 19.8 Å². The van der Waals surface area contributed by atoms with Gasteiger partial charge in [-0.3, -0.25) is 4.79 Å². The van der Waals surface area contributed by atoms with Gasteiger partial charge >= 0.3 is 35.5 Å². The Hall–Kier alpha value is 0.0600. The molecule has 0 spiro atoms. The molecule has 0 rings (SSSR count). The van der Waals surface area contributed by atoms with Gasteiger partial charge in [0.25, 0.3) is 0 Å². The summed E-state index contributed by atoms with van der Waals surface area (Å²) in [5.74, 6) is -2.60. The third kappa shape index (κ3) is 15.8. The molecule has 2 unspecified atom stereocenters. The van der Waals surface area contributed by atoms with Crippen molar-refractivity contribution in [3.05, 3.63) is 0 Å². The number of hydrogen-bond donors (Lipinski definition) is 3. The number of ketones is 1. The van der Waals surface area contributed by atoms with E-state index >= 15 is 0 Å². The fourth-order valence-electron chi connectivity index (χ4n) is 3.79. The number of rotatable bonds is 21. The monoisotopic (exact) mass is 438 g/mol. The van der Waals surface area contributed by atoms with E-state index in [2.05, 4.69) is 6.92 Å². The van der Waals surface area contributed by atoms with E-state index in [4.69, 9.17) is 5.11 Å². The van der Waals surface area contributed by atoms with Crippen molar-refractivity contribution < 1.29 is 24.9 Å². The van der Waals surface area contributed by atoms with Gasteiger partial charge in [-0.1, -0.05) is 110 Å². The predicted molar refractivity (Wildman–Crippen MR) is 125 cm³/mol. The van der Waals surface area contributed by atoms with E-state index < -0.39 is 23.5 Å². The summed E-state index contributed by atoms with van der Waals surface area (Å²) in [4.78, 5) is 22.9. The normalized spacial score (nSPS) is 14.0.